The summed E-state index contributed by atoms with van der Waals surface area (Å²) in [6.45, 7) is 5.39. The van der Waals surface area contributed by atoms with E-state index >= 15 is 0 Å². The third kappa shape index (κ3) is 3.88. The van der Waals surface area contributed by atoms with Gasteiger partial charge >= 0.3 is 11.6 Å². The summed E-state index contributed by atoms with van der Waals surface area (Å²) in [4.78, 5) is 23.7. The van der Waals surface area contributed by atoms with E-state index in [1.54, 1.807) is 25.1 Å². The zero-order valence-electron chi connectivity index (χ0n) is 14.2. The molecule has 3 rings (SSSR count). The van der Waals surface area contributed by atoms with Crippen LogP contribution in [0.1, 0.15) is 18.1 Å². The molecule has 0 spiro atoms. The average Bonchev–Trinajstić information content (AvgIpc) is 2.54. The number of ether oxygens (including phenoxy) is 2. The van der Waals surface area contributed by atoms with Crippen LogP contribution in [-0.4, -0.2) is 12.1 Å². The van der Waals surface area contributed by atoms with Crippen LogP contribution < -0.4 is 15.1 Å². The van der Waals surface area contributed by atoms with E-state index in [0.29, 0.717) is 17.1 Å². The highest BCUT2D eigenvalue weighted by molar-refractivity contribution is 5.83. The van der Waals surface area contributed by atoms with Crippen LogP contribution in [0, 0.1) is 13.8 Å². The summed E-state index contributed by atoms with van der Waals surface area (Å²) in [6, 6.07) is 13.8. The minimum absolute atomic E-state index is 0.297. The van der Waals surface area contributed by atoms with Gasteiger partial charge in [0.15, 0.2) is 6.10 Å². The van der Waals surface area contributed by atoms with Gasteiger partial charge < -0.3 is 13.9 Å². The highest BCUT2D eigenvalue weighted by Crippen LogP contribution is 2.23. The van der Waals surface area contributed by atoms with Crippen molar-refractivity contribution in [1.82, 2.24) is 0 Å². The summed E-state index contributed by atoms with van der Waals surface area (Å²) in [5.74, 6) is 0.367. The maximum atomic E-state index is 12.2. The molecular weight excluding hydrogens is 320 g/mol. The van der Waals surface area contributed by atoms with E-state index < -0.39 is 17.7 Å². The van der Waals surface area contributed by atoms with Crippen molar-refractivity contribution in [1.29, 1.82) is 0 Å². The second-order valence-electron chi connectivity index (χ2n) is 5.90. The lowest BCUT2D eigenvalue weighted by atomic mass is 10.1. The molecule has 1 aromatic heterocycles. The molecule has 0 aliphatic rings. The second kappa shape index (κ2) is 6.81. The van der Waals surface area contributed by atoms with Crippen molar-refractivity contribution in [2.45, 2.75) is 26.9 Å². The number of esters is 1. The minimum atomic E-state index is -0.776. The van der Waals surface area contributed by atoms with Gasteiger partial charge in [-0.05, 0) is 56.2 Å². The molecule has 0 fully saturated rings. The summed E-state index contributed by atoms with van der Waals surface area (Å²) >= 11 is 0. The fourth-order valence-corrected chi connectivity index (χ4v) is 2.51. The van der Waals surface area contributed by atoms with Crippen LogP contribution >= 0.6 is 0 Å². The van der Waals surface area contributed by atoms with Gasteiger partial charge in [-0.25, -0.2) is 9.59 Å². The zero-order chi connectivity index (χ0) is 18.0. The van der Waals surface area contributed by atoms with E-state index in [9.17, 15) is 9.59 Å². The highest BCUT2D eigenvalue weighted by Gasteiger charge is 2.18. The Morgan fingerprint density at radius 2 is 1.84 bits per heavy atom. The van der Waals surface area contributed by atoms with Crippen LogP contribution in [0.5, 0.6) is 11.5 Å². The number of fused-ring (bicyclic) bond motifs is 1. The van der Waals surface area contributed by atoms with Gasteiger partial charge in [-0.1, -0.05) is 12.1 Å². The predicted molar refractivity (Wildman–Crippen MR) is 94.1 cm³/mol. The lowest BCUT2D eigenvalue weighted by molar-refractivity contribution is -0.141. The molecule has 0 aliphatic heterocycles. The van der Waals surface area contributed by atoms with Gasteiger partial charge in [-0.15, -0.1) is 0 Å². The van der Waals surface area contributed by atoms with Gasteiger partial charge in [0.2, 0.25) is 0 Å². The monoisotopic (exact) mass is 338 g/mol. The Bertz CT molecular complexity index is 987. The molecule has 1 atom stereocenters. The third-order valence-corrected chi connectivity index (χ3v) is 3.78. The molecule has 0 radical (unpaired) electrons. The van der Waals surface area contributed by atoms with Crippen molar-refractivity contribution in [3.8, 4) is 11.5 Å². The Balaban J connectivity index is 1.76. The Labute approximate surface area is 144 Å². The van der Waals surface area contributed by atoms with E-state index in [-0.39, 0.29) is 0 Å². The Kier molecular flexibility index (Phi) is 4.57. The summed E-state index contributed by atoms with van der Waals surface area (Å²) in [6.07, 6.45) is -0.776. The first kappa shape index (κ1) is 16.8. The van der Waals surface area contributed by atoms with Crippen LogP contribution in [0.25, 0.3) is 11.0 Å². The maximum Gasteiger partial charge on any atom is 0.352 e. The summed E-state index contributed by atoms with van der Waals surface area (Å²) in [7, 11) is 0. The molecular formula is C20H18O5. The number of rotatable bonds is 4. The molecule has 128 valence electrons. The second-order valence-corrected chi connectivity index (χ2v) is 5.90. The van der Waals surface area contributed by atoms with Crippen LogP contribution in [0.4, 0.5) is 0 Å². The first-order valence-electron chi connectivity index (χ1n) is 7.92. The summed E-state index contributed by atoms with van der Waals surface area (Å²) in [5.41, 5.74) is 1.78. The molecule has 0 saturated heterocycles. The SMILES string of the molecule is Cc1cccc(O[C@H](C)C(=O)Oc2ccc3c(C)cc(=O)oc3c2)c1. The Hall–Kier alpha value is -3.08. The molecule has 5 heteroatoms. The Morgan fingerprint density at radius 3 is 2.60 bits per heavy atom. The van der Waals surface area contributed by atoms with E-state index in [4.69, 9.17) is 13.9 Å². The molecule has 0 saturated carbocycles. The molecule has 3 aromatic rings. The fourth-order valence-electron chi connectivity index (χ4n) is 2.51. The topological polar surface area (TPSA) is 65.7 Å². The van der Waals surface area contributed by atoms with Crippen LogP contribution in [0.3, 0.4) is 0 Å². The van der Waals surface area contributed by atoms with Crippen molar-refractivity contribution < 1.29 is 18.7 Å². The van der Waals surface area contributed by atoms with E-state index in [0.717, 1.165) is 16.5 Å². The first-order valence-corrected chi connectivity index (χ1v) is 7.92. The van der Waals surface area contributed by atoms with Gasteiger partial charge in [0.1, 0.15) is 17.1 Å². The lowest BCUT2D eigenvalue weighted by Gasteiger charge is -2.14. The molecule has 0 aliphatic carbocycles. The molecule has 0 amide bonds. The van der Waals surface area contributed by atoms with Gasteiger partial charge in [-0.3, -0.25) is 0 Å². The number of carbonyl (C=O) groups is 1. The summed E-state index contributed by atoms with van der Waals surface area (Å²) in [5, 5.41) is 0.795. The Morgan fingerprint density at radius 1 is 1.04 bits per heavy atom. The van der Waals surface area contributed by atoms with Crippen LogP contribution in [0.15, 0.2) is 57.7 Å². The molecule has 0 bridgehead atoms. The molecule has 2 aromatic carbocycles. The summed E-state index contributed by atoms with van der Waals surface area (Å²) < 4.78 is 16.1. The van der Waals surface area contributed by atoms with Crippen molar-refractivity contribution >= 4 is 16.9 Å². The normalized spacial score (nSPS) is 12.0. The van der Waals surface area contributed by atoms with Crippen LogP contribution in [0.2, 0.25) is 0 Å². The van der Waals surface area contributed by atoms with Gasteiger partial charge in [0, 0.05) is 17.5 Å². The predicted octanol–water partition coefficient (Wildman–Crippen LogP) is 3.78. The number of hydrogen-bond donors (Lipinski definition) is 0. The lowest BCUT2D eigenvalue weighted by Crippen LogP contribution is -2.28. The molecule has 0 unspecified atom stereocenters. The van der Waals surface area contributed by atoms with E-state index in [1.165, 1.54) is 12.1 Å². The number of benzene rings is 2. The standard InChI is InChI=1S/C20H18O5/c1-12-5-4-6-15(9-12)23-14(3)20(22)24-16-7-8-17-13(2)10-19(21)25-18(17)11-16/h4-11,14H,1-3H3/t14-/m1/s1. The highest BCUT2D eigenvalue weighted by atomic mass is 16.6. The van der Waals surface area contributed by atoms with Crippen molar-refractivity contribution in [2.75, 3.05) is 0 Å². The average molecular weight is 338 g/mol. The third-order valence-electron chi connectivity index (χ3n) is 3.78. The van der Waals surface area contributed by atoms with Gasteiger partial charge in [0.05, 0.1) is 0 Å². The largest absolute Gasteiger partial charge is 0.479 e. The number of aryl methyl sites for hydroxylation is 2. The zero-order valence-corrected chi connectivity index (χ0v) is 14.2. The van der Waals surface area contributed by atoms with E-state index in [1.807, 2.05) is 32.0 Å². The smallest absolute Gasteiger partial charge is 0.352 e. The van der Waals surface area contributed by atoms with Crippen molar-refractivity contribution in [3.63, 3.8) is 0 Å². The van der Waals surface area contributed by atoms with Gasteiger partial charge in [0.25, 0.3) is 0 Å². The molecule has 5 nitrogen and oxygen atoms in total. The maximum absolute atomic E-state index is 12.2. The quantitative estimate of drug-likeness (QED) is 0.411. The van der Waals surface area contributed by atoms with Crippen molar-refractivity contribution in [2.24, 2.45) is 0 Å². The minimum Gasteiger partial charge on any atom is -0.479 e. The number of carbonyl (C=O) groups excluding carboxylic acids is 1. The van der Waals surface area contributed by atoms with Gasteiger partial charge in [-0.2, -0.15) is 0 Å². The molecule has 25 heavy (non-hydrogen) atoms. The van der Waals surface area contributed by atoms with Crippen LogP contribution in [-0.2, 0) is 4.79 Å². The fraction of sp³-hybridized carbons (Fsp3) is 0.200. The number of hydrogen-bond acceptors (Lipinski definition) is 5. The molecule has 1 heterocycles. The van der Waals surface area contributed by atoms with Crippen molar-refractivity contribution in [3.05, 3.63) is 70.1 Å². The first-order chi connectivity index (χ1) is 11.9. The van der Waals surface area contributed by atoms with E-state index in [2.05, 4.69) is 0 Å². The molecule has 0 N–H and O–H groups in total.